The second kappa shape index (κ2) is 4.21. The number of carboxylic acids is 1. The summed E-state index contributed by atoms with van der Waals surface area (Å²) in [5, 5.41) is 9.03. The van der Waals surface area contributed by atoms with Gasteiger partial charge in [0.25, 0.3) is 0 Å². The highest BCUT2D eigenvalue weighted by Gasteiger charge is 2.39. The molecule has 2 heteroatoms. The molecule has 2 aliphatic carbocycles. The third-order valence-corrected chi connectivity index (χ3v) is 3.82. The molecule has 15 heavy (non-hydrogen) atoms. The molecule has 0 aromatic heterocycles. The monoisotopic (exact) mass is 206 g/mol. The molecule has 0 spiro atoms. The molecule has 0 bridgehead atoms. The van der Waals surface area contributed by atoms with Crippen molar-refractivity contribution in [2.24, 2.45) is 11.3 Å². The number of hydrogen-bond acceptors (Lipinski definition) is 1. The number of hydrogen-bond donors (Lipinski definition) is 1. The van der Waals surface area contributed by atoms with Gasteiger partial charge in [0, 0.05) is 5.41 Å². The van der Waals surface area contributed by atoms with Gasteiger partial charge >= 0.3 is 5.97 Å². The predicted molar refractivity (Wildman–Crippen MR) is 59.5 cm³/mol. The average Bonchev–Trinajstić information content (AvgIpc) is 2.71. The predicted octanol–water partition coefficient (Wildman–Crippen LogP) is 3.15. The molecular formula is C13H18O2. The molecule has 0 saturated heterocycles. The summed E-state index contributed by atoms with van der Waals surface area (Å²) in [6, 6.07) is 0. The number of carbonyl (C=O) groups is 1. The van der Waals surface area contributed by atoms with Crippen LogP contribution < -0.4 is 0 Å². The van der Waals surface area contributed by atoms with Crippen LogP contribution in [-0.2, 0) is 4.79 Å². The number of allylic oxidation sites excluding steroid dienone is 4. The molecule has 2 aliphatic rings. The summed E-state index contributed by atoms with van der Waals surface area (Å²) < 4.78 is 0. The Morgan fingerprint density at radius 3 is 2.60 bits per heavy atom. The van der Waals surface area contributed by atoms with E-state index in [9.17, 15) is 4.79 Å². The maximum absolute atomic E-state index is 11.0. The van der Waals surface area contributed by atoms with Gasteiger partial charge in [0.2, 0.25) is 0 Å². The Balaban J connectivity index is 2.17. The lowest BCUT2D eigenvalue weighted by Gasteiger charge is -2.36. The smallest absolute Gasteiger partial charge is 0.304 e. The van der Waals surface area contributed by atoms with Crippen LogP contribution in [0.2, 0.25) is 0 Å². The van der Waals surface area contributed by atoms with Crippen molar-refractivity contribution >= 4 is 5.97 Å². The van der Waals surface area contributed by atoms with E-state index in [-0.39, 0.29) is 5.41 Å². The lowest BCUT2D eigenvalue weighted by Crippen LogP contribution is -2.30. The molecule has 0 aliphatic heterocycles. The van der Waals surface area contributed by atoms with E-state index in [1.807, 2.05) is 12.2 Å². The fraction of sp³-hybridized carbons (Fsp3) is 0.615. The minimum absolute atomic E-state index is 0.0862. The maximum atomic E-state index is 11.0. The van der Waals surface area contributed by atoms with Crippen LogP contribution in [-0.4, -0.2) is 11.1 Å². The highest BCUT2D eigenvalue weighted by molar-refractivity contribution is 5.68. The van der Waals surface area contributed by atoms with Crippen LogP contribution in [0, 0.1) is 11.3 Å². The van der Waals surface area contributed by atoms with Gasteiger partial charge in [-0.2, -0.15) is 0 Å². The highest BCUT2D eigenvalue weighted by atomic mass is 16.4. The largest absolute Gasteiger partial charge is 0.481 e. The fourth-order valence-corrected chi connectivity index (χ4v) is 3.04. The van der Waals surface area contributed by atoms with Gasteiger partial charge in [-0.1, -0.05) is 37.1 Å². The van der Waals surface area contributed by atoms with Gasteiger partial charge < -0.3 is 5.11 Å². The van der Waals surface area contributed by atoms with Crippen molar-refractivity contribution in [3.8, 4) is 0 Å². The SMILES string of the molecule is O=C(O)CC1(C2CCCC2)C=CC=CC1. The molecular weight excluding hydrogens is 188 g/mol. The van der Waals surface area contributed by atoms with Crippen LogP contribution in [0.15, 0.2) is 24.3 Å². The van der Waals surface area contributed by atoms with Crippen LogP contribution in [0.5, 0.6) is 0 Å². The Labute approximate surface area is 90.7 Å². The zero-order valence-electron chi connectivity index (χ0n) is 8.98. The number of aliphatic carboxylic acids is 1. The summed E-state index contributed by atoms with van der Waals surface area (Å²) >= 11 is 0. The van der Waals surface area contributed by atoms with Gasteiger partial charge in [-0.05, 0) is 25.2 Å². The first-order valence-corrected chi connectivity index (χ1v) is 5.79. The lowest BCUT2D eigenvalue weighted by molar-refractivity contribution is -0.139. The average molecular weight is 206 g/mol. The Morgan fingerprint density at radius 1 is 1.33 bits per heavy atom. The van der Waals surface area contributed by atoms with Crippen molar-refractivity contribution in [3.63, 3.8) is 0 Å². The quantitative estimate of drug-likeness (QED) is 0.770. The molecule has 1 saturated carbocycles. The van der Waals surface area contributed by atoms with Gasteiger partial charge in [0.05, 0.1) is 6.42 Å². The van der Waals surface area contributed by atoms with E-state index >= 15 is 0 Å². The van der Waals surface area contributed by atoms with Crippen molar-refractivity contribution in [1.82, 2.24) is 0 Å². The molecule has 0 heterocycles. The van der Waals surface area contributed by atoms with Crippen molar-refractivity contribution in [1.29, 1.82) is 0 Å². The minimum atomic E-state index is -0.665. The second-order valence-corrected chi connectivity index (χ2v) is 4.78. The Kier molecular flexibility index (Phi) is 2.94. The molecule has 1 atom stereocenters. The summed E-state index contributed by atoms with van der Waals surface area (Å²) in [6.45, 7) is 0. The number of carboxylic acid groups (broad SMARTS) is 1. The summed E-state index contributed by atoms with van der Waals surface area (Å²) in [5.41, 5.74) is -0.0862. The van der Waals surface area contributed by atoms with Crippen molar-refractivity contribution in [2.75, 3.05) is 0 Å². The van der Waals surface area contributed by atoms with Crippen molar-refractivity contribution < 1.29 is 9.90 Å². The molecule has 1 N–H and O–H groups in total. The summed E-state index contributed by atoms with van der Waals surface area (Å²) in [6.07, 6.45) is 14.4. The van der Waals surface area contributed by atoms with Crippen LogP contribution in [0.1, 0.15) is 38.5 Å². The summed E-state index contributed by atoms with van der Waals surface area (Å²) in [7, 11) is 0. The standard InChI is InChI=1S/C13H18O2/c14-12(15)10-13(8-4-1-5-9-13)11-6-2-3-7-11/h1,4-5,8,11H,2-3,6-7,9-10H2,(H,14,15). The van der Waals surface area contributed by atoms with Gasteiger partial charge in [-0.3, -0.25) is 4.79 Å². The van der Waals surface area contributed by atoms with E-state index in [0.29, 0.717) is 12.3 Å². The van der Waals surface area contributed by atoms with Crippen LogP contribution in [0.3, 0.4) is 0 Å². The first kappa shape index (κ1) is 10.5. The van der Waals surface area contributed by atoms with E-state index in [0.717, 1.165) is 6.42 Å². The van der Waals surface area contributed by atoms with E-state index in [1.54, 1.807) is 0 Å². The van der Waals surface area contributed by atoms with E-state index in [4.69, 9.17) is 5.11 Å². The first-order chi connectivity index (χ1) is 7.23. The second-order valence-electron chi connectivity index (χ2n) is 4.78. The maximum Gasteiger partial charge on any atom is 0.304 e. The molecule has 2 nitrogen and oxygen atoms in total. The Morgan fingerprint density at radius 2 is 2.07 bits per heavy atom. The Hall–Kier alpha value is -1.05. The lowest BCUT2D eigenvalue weighted by atomic mass is 9.68. The zero-order valence-corrected chi connectivity index (χ0v) is 8.98. The minimum Gasteiger partial charge on any atom is -0.481 e. The van der Waals surface area contributed by atoms with Crippen LogP contribution >= 0.6 is 0 Å². The normalized spacial score (nSPS) is 30.9. The topological polar surface area (TPSA) is 37.3 Å². The molecule has 1 unspecified atom stereocenters. The van der Waals surface area contributed by atoms with Gasteiger partial charge in [0.1, 0.15) is 0 Å². The van der Waals surface area contributed by atoms with E-state index in [2.05, 4.69) is 12.2 Å². The van der Waals surface area contributed by atoms with Crippen LogP contribution in [0.25, 0.3) is 0 Å². The van der Waals surface area contributed by atoms with Gasteiger partial charge in [-0.15, -0.1) is 0 Å². The molecule has 82 valence electrons. The third kappa shape index (κ3) is 2.14. The molecule has 0 radical (unpaired) electrons. The number of rotatable bonds is 3. The summed E-state index contributed by atoms with van der Waals surface area (Å²) in [5.74, 6) is -0.0864. The molecule has 0 aromatic carbocycles. The van der Waals surface area contributed by atoms with Crippen LogP contribution in [0.4, 0.5) is 0 Å². The first-order valence-electron chi connectivity index (χ1n) is 5.79. The fourth-order valence-electron chi connectivity index (χ4n) is 3.04. The molecule has 0 aromatic rings. The zero-order chi connectivity index (χ0) is 10.7. The highest BCUT2D eigenvalue weighted by Crippen LogP contribution is 2.47. The molecule has 2 rings (SSSR count). The molecule has 0 amide bonds. The van der Waals surface area contributed by atoms with Crippen molar-refractivity contribution in [3.05, 3.63) is 24.3 Å². The van der Waals surface area contributed by atoms with Crippen molar-refractivity contribution in [2.45, 2.75) is 38.5 Å². The molecule has 1 fully saturated rings. The van der Waals surface area contributed by atoms with Gasteiger partial charge in [-0.25, -0.2) is 0 Å². The van der Waals surface area contributed by atoms with Gasteiger partial charge in [0.15, 0.2) is 0 Å². The van der Waals surface area contributed by atoms with E-state index < -0.39 is 5.97 Å². The van der Waals surface area contributed by atoms with E-state index in [1.165, 1.54) is 25.7 Å². The Bertz CT molecular complexity index is 298. The summed E-state index contributed by atoms with van der Waals surface area (Å²) in [4.78, 5) is 11.0. The third-order valence-electron chi connectivity index (χ3n) is 3.82.